The van der Waals surface area contributed by atoms with Crippen molar-refractivity contribution in [2.24, 2.45) is 5.92 Å². The van der Waals surface area contributed by atoms with Crippen LogP contribution in [-0.2, 0) is 6.42 Å². The Morgan fingerprint density at radius 2 is 1.95 bits per heavy atom. The number of likely N-dealkylation sites (N-methyl/N-ethyl adjacent to an activating group) is 1. The topological polar surface area (TPSA) is 15.3 Å². The molecule has 1 aromatic rings. The Bertz CT molecular complexity index is 412. The molecule has 1 fully saturated rings. The van der Waals surface area contributed by atoms with Crippen LogP contribution in [0.25, 0.3) is 0 Å². The highest BCUT2D eigenvalue weighted by Crippen LogP contribution is 2.27. The predicted octanol–water partition coefficient (Wildman–Crippen LogP) is 4.02. The fraction of sp³-hybridized carbons (Fsp3) is 0.684. The number of likely N-dealkylation sites (tertiary alicyclic amines) is 1. The van der Waals surface area contributed by atoms with E-state index in [0.717, 1.165) is 12.3 Å². The van der Waals surface area contributed by atoms with Crippen LogP contribution in [-0.4, -0.2) is 31.1 Å². The fourth-order valence-corrected chi connectivity index (χ4v) is 3.66. The summed E-state index contributed by atoms with van der Waals surface area (Å²) in [4.78, 5) is 2.69. The second-order valence-corrected chi connectivity index (χ2v) is 6.51. The van der Waals surface area contributed by atoms with Gasteiger partial charge in [0, 0.05) is 18.6 Å². The van der Waals surface area contributed by atoms with Crippen LogP contribution in [0, 0.1) is 5.92 Å². The maximum Gasteiger partial charge on any atom is 0.0473 e. The summed E-state index contributed by atoms with van der Waals surface area (Å²) in [5, 5.41) is 3.54. The van der Waals surface area contributed by atoms with Gasteiger partial charge in [0.2, 0.25) is 0 Å². The van der Waals surface area contributed by atoms with E-state index in [0.29, 0.717) is 12.1 Å². The van der Waals surface area contributed by atoms with Crippen LogP contribution >= 0.6 is 0 Å². The summed E-state index contributed by atoms with van der Waals surface area (Å²) >= 11 is 0. The van der Waals surface area contributed by atoms with E-state index in [4.69, 9.17) is 0 Å². The van der Waals surface area contributed by atoms with Crippen molar-refractivity contribution in [3.05, 3.63) is 35.4 Å². The SMILES string of the molecule is CCc1ccc(C(NC)C(C)N2CCCC(CC)C2)cc1. The maximum atomic E-state index is 3.54. The van der Waals surface area contributed by atoms with Crippen molar-refractivity contribution in [1.29, 1.82) is 0 Å². The first-order chi connectivity index (χ1) is 10.2. The molecule has 1 saturated heterocycles. The standard InChI is InChI=1S/C19H32N2/c1-5-16-9-11-18(12-10-16)19(20-4)15(3)21-13-7-8-17(6-2)14-21/h9-12,15,17,19-20H,5-8,13-14H2,1-4H3. The summed E-state index contributed by atoms with van der Waals surface area (Å²) in [5.41, 5.74) is 2.84. The lowest BCUT2D eigenvalue weighted by Crippen LogP contribution is -2.46. The number of hydrogen-bond acceptors (Lipinski definition) is 2. The van der Waals surface area contributed by atoms with Gasteiger partial charge < -0.3 is 5.32 Å². The molecule has 1 aliphatic rings. The number of benzene rings is 1. The van der Waals surface area contributed by atoms with E-state index in [9.17, 15) is 0 Å². The molecule has 2 heteroatoms. The zero-order chi connectivity index (χ0) is 15.2. The van der Waals surface area contributed by atoms with Crippen molar-refractivity contribution >= 4 is 0 Å². The highest BCUT2D eigenvalue weighted by Gasteiger charge is 2.27. The van der Waals surface area contributed by atoms with Crippen molar-refractivity contribution in [1.82, 2.24) is 10.2 Å². The molecule has 0 amide bonds. The summed E-state index contributed by atoms with van der Waals surface area (Å²) in [5.74, 6) is 0.890. The summed E-state index contributed by atoms with van der Waals surface area (Å²) in [6.07, 6.45) is 5.20. The van der Waals surface area contributed by atoms with Crippen molar-refractivity contribution in [3.63, 3.8) is 0 Å². The molecular weight excluding hydrogens is 256 g/mol. The molecule has 0 radical (unpaired) electrons. The van der Waals surface area contributed by atoms with E-state index in [1.54, 1.807) is 0 Å². The minimum absolute atomic E-state index is 0.423. The molecule has 1 aliphatic heterocycles. The molecule has 0 spiro atoms. The second kappa shape index (κ2) is 7.95. The second-order valence-electron chi connectivity index (χ2n) is 6.51. The van der Waals surface area contributed by atoms with Crippen molar-refractivity contribution < 1.29 is 0 Å². The molecule has 1 heterocycles. The smallest absolute Gasteiger partial charge is 0.0473 e. The minimum Gasteiger partial charge on any atom is -0.312 e. The van der Waals surface area contributed by atoms with E-state index in [1.165, 1.54) is 43.5 Å². The van der Waals surface area contributed by atoms with Gasteiger partial charge in [-0.25, -0.2) is 0 Å². The van der Waals surface area contributed by atoms with Crippen molar-refractivity contribution in [2.45, 2.75) is 58.5 Å². The van der Waals surface area contributed by atoms with Crippen LogP contribution in [0.4, 0.5) is 0 Å². The minimum atomic E-state index is 0.423. The average Bonchev–Trinajstić information content (AvgIpc) is 2.56. The first-order valence-corrected chi connectivity index (χ1v) is 8.69. The molecule has 2 rings (SSSR count). The van der Waals surface area contributed by atoms with Gasteiger partial charge in [-0.3, -0.25) is 4.90 Å². The van der Waals surface area contributed by atoms with Gasteiger partial charge in [0.25, 0.3) is 0 Å². The molecule has 0 aliphatic carbocycles. The first-order valence-electron chi connectivity index (χ1n) is 8.69. The molecule has 0 bridgehead atoms. The summed E-state index contributed by atoms with van der Waals surface area (Å²) in [6, 6.07) is 10.1. The van der Waals surface area contributed by atoms with Gasteiger partial charge in [-0.05, 0) is 56.8 Å². The van der Waals surface area contributed by atoms with Crippen molar-refractivity contribution in [3.8, 4) is 0 Å². The van der Waals surface area contributed by atoms with Crippen LogP contribution in [0.3, 0.4) is 0 Å². The molecular formula is C19H32N2. The lowest BCUT2D eigenvalue weighted by Gasteiger charge is -2.40. The van der Waals surface area contributed by atoms with Crippen LogP contribution in [0.2, 0.25) is 0 Å². The Kier molecular flexibility index (Phi) is 6.25. The van der Waals surface area contributed by atoms with Gasteiger partial charge >= 0.3 is 0 Å². The average molecular weight is 288 g/mol. The maximum absolute atomic E-state index is 3.54. The van der Waals surface area contributed by atoms with Gasteiger partial charge in [-0.2, -0.15) is 0 Å². The molecule has 21 heavy (non-hydrogen) atoms. The van der Waals surface area contributed by atoms with E-state index in [1.807, 2.05) is 0 Å². The molecule has 0 saturated carbocycles. The number of hydrogen-bond donors (Lipinski definition) is 1. The van der Waals surface area contributed by atoms with Gasteiger partial charge in [0.05, 0.1) is 0 Å². The van der Waals surface area contributed by atoms with Crippen LogP contribution in [0.15, 0.2) is 24.3 Å². The Balaban J connectivity index is 2.07. The lowest BCUT2D eigenvalue weighted by atomic mass is 9.91. The summed E-state index contributed by atoms with van der Waals surface area (Å²) in [6.45, 7) is 9.45. The third-order valence-electron chi connectivity index (χ3n) is 5.24. The van der Waals surface area contributed by atoms with E-state index >= 15 is 0 Å². The zero-order valence-corrected chi connectivity index (χ0v) is 14.2. The summed E-state index contributed by atoms with van der Waals surface area (Å²) in [7, 11) is 2.09. The lowest BCUT2D eigenvalue weighted by molar-refractivity contribution is 0.108. The monoisotopic (exact) mass is 288 g/mol. The van der Waals surface area contributed by atoms with Gasteiger partial charge in [-0.1, -0.05) is 44.5 Å². The van der Waals surface area contributed by atoms with E-state index in [-0.39, 0.29) is 0 Å². The molecule has 1 N–H and O–H groups in total. The fourth-order valence-electron chi connectivity index (χ4n) is 3.66. The Morgan fingerprint density at radius 1 is 1.24 bits per heavy atom. The van der Waals surface area contributed by atoms with Crippen LogP contribution in [0.1, 0.15) is 57.2 Å². The highest BCUT2D eigenvalue weighted by atomic mass is 15.2. The zero-order valence-electron chi connectivity index (χ0n) is 14.2. The number of nitrogens with one attached hydrogen (secondary N) is 1. The molecule has 3 unspecified atom stereocenters. The molecule has 2 nitrogen and oxygen atoms in total. The van der Waals surface area contributed by atoms with Gasteiger partial charge in [0.1, 0.15) is 0 Å². The number of aryl methyl sites for hydroxylation is 1. The van der Waals surface area contributed by atoms with Crippen molar-refractivity contribution in [2.75, 3.05) is 20.1 Å². The van der Waals surface area contributed by atoms with E-state index in [2.05, 4.69) is 62.3 Å². The number of piperidine rings is 1. The predicted molar refractivity (Wildman–Crippen MR) is 91.7 cm³/mol. The normalized spacial score (nSPS) is 23.0. The molecule has 0 aromatic heterocycles. The Labute approximate surface area is 130 Å². The van der Waals surface area contributed by atoms with Crippen LogP contribution in [0.5, 0.6) is 0 Å². The van der Waals surface area contributed by atoms with Crippen LogP contribution < -0.4 is 5.32 Å². The molecule has 3 atom stereocenters. The largest absolute Gasteiger partial charge is 0.312 e. The molecule has 1 aromatic carbocycles. The quantitative estimate of drug-likeness (QED) is 0.850. The Morgan fingerprint density at radius 3 is 2.52 bits per heavy atom. The third kappa shape index (κ3) is 4.08. The first kappa shape index (κ1) is 16.5. The van der Waals surface area contributed by atoms with Gasteiger partial charge in [-0.15, -0.1) is 0 Å². The third-order valence-corrected chi connectivity index (χ3v) is 5.24. The number of nitrogens with zero attached hydrogens (tertiary/aromatic N) is 1. The summed E-state index contributed by atoms with van der Waals surface area (Å²) < 4.78 is 0. The molecule has 118 valence electrons. The van der Waals surface area contributed by atoms with Gasteiger partial charge in [0.15, 0.2) is 0 Å². The number of rotatable bonds is 6. The highest BCUT2D eigenvalue weighted by molar-refractivity contribution is 5.26. The Hall–Kier alpha value is -0.860. The van der Waals surface area contributed by atoms with E-state index < -0.39 is 0 Å².